The molecule has 1 aromatic carbocycles. The number of hydrogen-bond donors (Lipinski definition) is 1. The number of nitrogens with one attached hydrogen (secondary N) is 1. The summed E-state index contributed by atoms with van der Waals surface area (Å²) in [5.41, 5.74) is 0.759. The molecule has 0 saturated carbocycles. The number of pyridine rings is 1. The number of likely N-dealkylation sites (tertiary alicyclic amines) is 1. The minimum atomic E-state index is -0.488. The van der Waals surface area contributed by atoms with Crippen LogP contribution in [-0.4, -0.2) is 38.7 Å². The largest absolute Gasteiger partial charge is 0.438 e. The van der Waals surface area contributed by atoms with E-state index in [1.165, 1.54) is 10.9 Å². The highest BCUT2D eigenvalue weighted by Gasteiger charge is 2.26. The Labute approximate surface area is 172 Å². The molecule has 9 heteroatoms. The van der Waals surface area contributed by atoms with Gasteiger partial charge in [-0.1, -0.05) is 29.8 Å². The Morgan fingerprint density at radius 2 is 1.93 bits per heavy atom. The molecular weight excluding hydrogens is 394 g/mol. The highest BCUT2D eigenvalue weighted by molar-refractivity contribution is 6.30. The van der Waals surface area contributed by atoms with E-state index in [2.05, 4.69) is 20.3 Å². The van der Waals surface area contributed by atoms with Crippen LogP contribution in [0.2, 0.25) is 5.02 Å². The first-order valence-electron chi connectivity index (χ1n) is 9.36. The van der Waals surface area contributed by atoms with Gasteiger partial charge in [0.15, 0.2) is 0 Å². The van der Waals surface area contributed by atoms with Gasteiger partial charge in [0, 0.05) is 30.8 Å². The second-order valence-corrected chi connectivity index (χ2v) is 7.36. The molecule has 0 radical (unpaired) electrons. The van der Waals surface area contributed by atoms with Crippen molar-refractivity contribution in [1.29, 1.82) is 0 Å². The van der Waals surface area contributed by atoms with Crippen LogP contribution in [0.4, 0.5) is 5.82 Å². The maximum atomic E-state index is 12.4. The molecule has 2 aromatic heterocycles. The highest BCUT2D eigenvalue weighted by Crippen LogP contribution is 2.20. The minimum absolute atomic E-state index is 0.0514. The van der Waals surface area contributed by atoms with Crippen LogP contribution in [0.1, 0.15) is 12.8 Å². The zero-order chi connectivity index (χ0) is 20.2. The van der Waals surface area contributed by atoms with Crippen molar-refractivity contribution in [3.05, 3.63) is 64.2 Å². The fourth-order valence-electron chi connectivity index (χ4n) is 3.30. The molecule has 1 amide bonds. The number of rotatable bonds is 5. The quantitative estimate of drug-likeness (QED) is 0.691. The summed E-state index contributed by atoms with van der Waals surface area (Å²) in [5, 5.41) is 7.64. The molecule has 0 spiro atoms. The lowest BCUT2D eigenvalue weighted by atomic mass is 9.96. The smallest absolute Gasteiger partial charge is 0.388 e. The Bertz CT molecular complexity index is 1020. The maximum absolute atomic E-state index is 12.4. The fraction of sp³-hybridized carbons (Fsp3) is 0.300. The Hall–Kier alpha value is -2.97. The van der Waals surface area contributed by atoms with Gasteiger partial charge in [-0.3, -0.25) is 9.69 Å². The van der Waals surface area contributed by atoms with E-state index in [1.807, 2.05) is 30.3 Å². The van der Waals surface area contributed by atoms with Gasteiger partial charge in [0.2, 0.25) is 11.8 Å². The van der Waals surface area contributed by atoms with Gasteiger partial charge in [0.1, 0.15) is 12.5 Å². The third kappa shape index (κ3) is 4.72. The first-order chi connectivity index (χ1) is 14.1. The molecule has 29 heavy (non-hydrogen) atoms. The van der Waals surface area contributed by atoms with Crippen LogP contribution in [0.15, 0.2) is 57.9 Å². The molecule has 0 aliphatic carbocycles. The second-order valence-electron chi connectivity index (χ2n) is 6.92. The Morgan fingerprint density at radius 3 is 2.62 bits per heavy atom. The molecule has 3 aromatic rings. The summed E-state index contributed by atoms with van der Waals surface area (Å²) in [6.45, 7) is 1.71. The number of halogens is 1. The standard InChI is InChI=1S/C20H20ClN5O3/c21-16-6-7-17(22-12-16)23-18(27)14-8-10-25(11-9-14)13-26-20(28)29-19(24-26)15-4-2-1-3-5-15/h1-7,12,14H,8-11,13H2,(H,22,23,27). The molecule has 4 rings (SSSR count). The zero-order valence-electron chi connectivity index (χ0n) is 15.6. The minimum Gasteiger partial charge on any atom is -0.388 e. The van der Waals surface area contributed by atoms with Gasteiger partial charge >= 0.3 is 5.76 Å². The molecule has 0 bridgehead atoms. The second kappa shape index (κ2) is 8.59. The monoisotopic (exact) mass is 413 g/mol. The number of anilines is 1. The van der Waals surface area contributed by atoms with E-state index in [-0.39, 0.29) is 11.8 Å². The van der Waals surface area contributed by atoms with E-state index < -0.39 is 5.76 Å². The lowest BCUT2D eigenvalue weighted by molar-refractivity contribution is -0.121. The molecule has 3 heterocycles. The van der Waals surface area contributed by atoms with E-state index >= 15 is 0 Å². The number of aromatic nitrogens is 3. The molecule has 1 saturated heterocycles. The van der Waals surface area contributed by atoms with Crippen molar-refractivity contribution in [1.82, 2.24) is 19.7 Å². The molecule has 150 valence electrons. The molecule has 1 aliphatic heterocycles. The summed E-state index contributed by atoms with van der Waals surface area (Å²) in [4.78, 5) is 30.7. The van der Waals surface area contributed by atoms with Crippen molar-refractivity contribution in [3.8, 4) is 11.5 Å². The van der Waals surface area contributed by atoms with Crippen LogP contribution in [0.5, 0.6) is 0 Å². The topological polar surface area (TPSA) is 93.3 Å². The van der Waals surface area contributed by atoms with E-state index in [1.54, 1.807) is 12.1 Å². The van der Waals surface area contributed by atoms with Crippen molar-refractivity contribution < 1.29 is 9.21 Å². The number of benzene rings is 1. The average molecular weight is 414 g/mol. The van der Waals surface area contributed by atoms with Gasteiger partial charge in [0.25, 0.3) is 0 Å². The Balaban J connectivity index is 1.32. The number of amides is 1. The number of piperidine rings is 1. The van der Waals surface area contributed by atoms with Crippen LogP contribution in [0.25, 0.3) is 11.5 Å². The van der Waals surface area contributed by atoms with E-state index in [9.17, 15) is 9.59 Å². The van der Waals surface area contributed by atoms with Crippen molar-refractivity contribution in [2.75, 3.05) is 18.4 Å². The van der Waals surface area contributed by atoms with Crippen molar-refractivity contribution in [3.63, 3.8) is 0 Å². The summed E-state index contributed by atoms with van der Waals surface area (Å²) in [6, 6.07) is 12.7. The van der Waals surface area contributed by atoms with Gasteiger partial charge in [-0.05, 0) is 37.1 Å². The zero-order valence-corrected chi connectivity index (χ0v) is 16.4. The number of hydrogen-bond acceptors (Lipinski definition) is 6. The summed E-state index contributed by atoms with van der Waals surface area (Å²) in [7, 11) is 0. The SMILES string of the molecule is O=C(Nc1ccc(Cl)cn1)C1CCN(Cn2nc(-c3ccccc3)oc2=O)CC1. The predicted octanol–water partition coefficient (Wildman–Crippen LogP) is 2.86. The predicted molar refractivity (Wildman–Crippen MR) is 108 cm³/mol. The normalized spacial score (nSPS) is 15.3. The summed E-state index contributed by atoms with van der Waals surface area (Å²) < 4.78 is 6.59. The first kappa shape index (κ1) is 19.4. The maximum Gasteiger partial charge on any atom is 0.438 e. The van der Waals surface area contributed by atoms with Gasteiger partial charge in [0.05, 0.1) is 5.02 Å². The lowest BCUT2D eigenvalue weighted by Gasteiger charge is -2.30. The molecular formula is C20H20ClN5O3. The van der Waals surface area contributed by atoms with E-state index in [4.69, 9.17) is 16.0 Å². The summed E-state index contributed by atoms with van der Waals surface area (Å²) in [5.74, 6) is 0.157. The van der Waals surface area contributed by atoms with Gasteiger partial charge in [-0.15, -0.1) is 5.10 Å². The van der Waals surface area contributed by atoms with Gasteiger partial charge in [-0.25, -0.2) is 9.78 Å². The molecule has 1 fully saturated rings. The van der Waals surface area contributed by atoms with Crippen molar-refractivity contribution in [2.45, 2.75) is 19.5 Å². The average Bonchev–Trinajstić information content (AvgIpc) is 3.11. The first-order valence-corrected chi connectivity index (χ1v) is 9.74. The number of nitrogens with zero attached hydrogens (tertiary/aromatic N) is 4. The number of carbonyl (C=O) groups excluding carboxylic acids is 1. The fourth-order valence-corrected chi connectivity index (χ4v) is 3.41. The van der Waals surface area contributed by atoms with Crippen molar-refractivity contribution in [2.24, 2.45) is 5.92 Å². The summed E-state index contributed by atoms with van der Waals surface area (Å²) in [6.07, 6.45) is 2.88. The summed E-state index contributed by atoms with van der Waals surface area (Å²) >= 11 is 5.81. The third-order valence-electron chi connectivity index (χ3n) is 4.90. The molecule has 0 atom stereocenters. The van der Waals surface area contributed by atoms with Crippen LogP contribution in [0.3, 0.4) is 0 Å². The van der Waals surface area contributed by atoms with Crippen LogP contribution in [0, 0.1) is 5.92 Å². The molecule has 0 unspecified atom stereocenters. The van der Waals surface area contributed by atoms with Crippen LogP contribution >= 0.6 is 11.6 Å². The lowest BCUT2D eigenvalue weighted by Crippen LogP contribution is -2.40. The molecule has 8 nitrogen and oxygen atoms in total. The third-order valence-corrected chi connectivity index (χ3v) is 5.12. The van der Waals surface area contributed by atoms with Crippen molar-refractivity contribution >= 4 is 23.3 Å². The highest BCUT2D eigenvalue weighted by atomic mass is 35.5. The molecule has 1 N–H and O–H groups in total. The Kier molecular flexibility index (Phi) is 5.73. The molecule has 1 aliphatic rings. The van der Waals surface area contributed by atoms with Gasteiger partial charge < -0.3 is 9.73 Å². The number of carbonyl (C=O) groups is 1. The van der Waals surface area contributed by atoms with E-state index in [0.29, 0.717) is 49.3 Å². The Morgan fingerprint density at radius 1 is 1.17 bits per heavy atom. The van der Waals surface area contributed by atoms with E-state index in [0.717, 1.165) is 5.56 Å². The van der Waals surface area contributed by atoms with Crippen LogP contribution < -0.4 is 11.1 Å². The van der Waals surface area contributed by atoms with Crippen LogP contribution in [-0.2, 0) is 11.5 Å². The van der Waals surface area contributed by atoms with Gasteiger partial charge in [-0.2, -0.15) is 4.68 Å².